The molecule has 1 N–H and O–H groups in total. The van der Waals surface area contributed by atoms with Gasteiger partial charge in [-0.25, -0.2) is 9.37 Å². The SMILES string of the molecule is Fc1cc(-c2cc(-c3nn4c(CNc5ccccc5)nnc4s3)c3ccccc3n2)c(Cl)cc1Cl. The van der Waals surface area contributed by atoms with Crippen LogP contribution in [0.2, 0.25) is 10.0 Å². The number of rotatable bonds is 5. The van der Waals surface area contributed by atoms with E-state index in [9.17, 15) is 4.39 Å². The van der Waals surface area contributed by atoms with E-state index in [0.29, 0.717) is 33.6 Å². The highest BCUT2D eigenvalue weighted by Crippen LogP contribution is 2.37. The van der Waals surface area contributed by atoms with Crippen LogP contribution in [0.4, 0.5) is 10.1 Å². The summed E-state index contributed by atoms with van der Waals surface area (Å²) in [6.45, 7) is 0.469. The van der Waals surface area contributed by atoms with Gasteiger partial charge in [0.1, 0.15) is 10.8 Å². The molecular weight excluding hydrogens is 506 g/mol. The number of hydrogen-bond donors (Lipinski definition) is 1. The van der Waals surface area contributed by atoms with E-state index in [1.54, 1.807) is 4.52 Å². The monoisotopic (exact) mass is 520 g/mol. The Hall–Kier alpha value is -3.59. The molecule has 10 heteroatoms. The normalized spacial score (nSPS) is 11.4. The second-order valence-corrected chi connectivity index (χ2v) is 9.53. The Morgan fingerprint density at radius 3 is 2.54 bits per heavy atom. The quantitative estimate of drug-likeness (QED) is 0.245. The Kier molecular flexibility index (Phi) is 5.56. The van der Waals surface area contributed by atoms with Crippen LogP contribution in [-0.4, -0.2) is 24.8 Å². The van der Waals surface area contributed by atoms with Crippen LogP contribution in [0.5, 0.6) is 0 Å². The fraction of sp³-hybridized carbons (Fsp3) is 0.0400. The molecule has 3 heterocycles. The van der Waals surface area contributed by atoms with Gasteiger partial charge in [0.15, 0.2) is 5.82 Å². The number of anilines is 1. The summed E-state index contributed by atoms with van der Waals surface area (Å²) in [5.74, 6) is 0.129. The minimum atomic E-state index is -0.558. The predicted molar refractivity (Wildman–Crippen MR) is 139 cm³/mol. The summed E-state index contributed by atoms with van der Waals surface area (Å²) >= 11 is 13.7. The van der Waals surface area contributed by atoms with E-state index >= 15 is 0 Å². The average Bonchev–Trinajstić information content (AvgIpc) is 3.46. The van der Waals surface area contributed by atoms with Gasteiger partial charge in [0.2, 0.25) is 4.96 Å². The molecule has 0 amide bonds. The first-order valence-corrected chi connectivity index (χ1v) is 12.2. The maximum atomic E-state index is 14.3. The highest BCUT2D eigenvalue weighted by atomic mass is 35.5. The number of nitrogens with one attached hydrogen (secondary N) is 1. The zero-order chi connectivity index (χ0) is 23.9. The molecule has 0 atom stereocenters. The number of pyridine rings is 1. The van der Waals surface area contributed by atoms with E-state index in [0.717, 1.165) is 27.2 Å². The summed E-state index contributed by atoms with van der Waals surface area (Å²) in [6, 6.07) is 22.1. The van der Waals surface area contributed by atoms with Crippen molar-refractivity contribution >= 4 is 56.1 Å². The van der Waals surface area contributed by atoms with E-state index in [2.05, 4.69) is 15.5 Å². The molecule has 0 saturated carbocycles. The van der Waals surface area contributed by atoms with E-state index in [-0.39, 0.29) is 5.02 Å². The number of nitrogens with zero attached hydrogens (tertiary/aromatic N) is 5. The Morgan fingerprint density at radius 2 is 1.69 bits per heavy atom. The van der Waals surface area contributed by atoms with Crippen molar-refractivity contribution in [2.24, 2.45) is 0 Å². The highest BCUT2D eigenvalue weighted by molar-refractivity contribution is 7.19. The molecule has 0 aliphatic rings. The van der Waals surface area contributed by atoms with Crippen molar-refractivity contribution in [1.29, 1.82) is 0 Å². The molecule has 6 rings (SSSR count). The maximum Gasteiger partial charge on any atom is 0.235 e. The van der Waals surface area contributed by atoms with Crippen molar-refractivity contribution in [3.05, 3.63) is 94.5 Å². The number of benzene rings is 3. The molecule has 6 nitrogen and oxygen atoms in total. The van der Waals surface area contributed by atoms with Crippen molar-refractivity contribution < 1.29 is 4.39 Å². The average molecular weight is 521 g/mol. The lowest BCUT2D eigenvalue weighted by Crippen LogP contribution is -2.04. The lowest BCUT2D eigenvalue weighted by molar-refractivity contribution is 0.628. The van der Waals surface area contributed by atoms with Crippen LogP contribution in [0.25, 0.3) is 37.7 Å². The lowest BCUT2D eigenvalue weighted by Gasteiger charge is -2.10. The Labute approximate surface area is 213 Å². The summed E-state index contributed by atoms with van der Waals surface area (Å²) in [5.41, 5.74) is 3.54. The molecule has 3 aromatic carbocycles. The van der Waals surface area contributed by atoms with Gasteiger partial charge in [0.25, 0.3) is 0 Å². The molecule has 0 unspecified atom stereocenters. The summed E-state index contributed by atoms with van der Waals surface area (Å²) in [5, 5.41) is 18.7. The van der Waals surface area contributed by atoms with Gasteiger partial charge in [-0.15, -0.1) is 10.2 Å². The molecular formula is C25H15Cl2FN6S. The van der Waals surface area contributed by atoms with Gasteiger partial charge in [-0.3, -0.25) is 0 Å². The lowest BCUT2D eigenvalue weighted by atomic mass is 10.0. The van der Waals surface area contributed by atoms with Crippen molar-refractivity contribution in [2.75, 3.05) is 5.32 Å². The molecule has 0 bridgehead atoms. The minimum Gasteiger partial charge on any atom is -0.378 e. The van der Waals surface area contributed by atoms with Crippen molar-refractivity contribution in [3.63, 3.8) is 0 Å². The summed E-state index contributed by atoms with van der Waals surface area (Å²) in [4.78, 5) is 5.39. The Morgan fingerprint density at radius 1 is 0.886 bits per heavy atom. The van der Waals surface area contributed by atoms with Crippen LogP contribution >= 0.6 is 34.5 Å². The van der Waals surface area contributed by atoms with Crippen molar-refractivity contribution in [2.45, 2.75) is 6.54 Å². The van der Waals surface area contributed by atoms with Crippen LogP contribution < -0.4 is 5.32 Å². The minimum absolute atomic E-state index is 0.0370. The third-order valence-electron chi connectivity index (χ3n) is 5.51. The molecule has 0 aliphatic carbocycles. The third kappa shape index (κ3) is 4.10. The van der Waals surface area contributed by atoms with Gasteiger partial charge in [-0.2, -0.15) is 9.61 Å². The van der Waals surface area contributed by atoms with E-state index < -0.39 is 5.82 Å². The van der Waals surface area contributed by atoms with Gasteiger partial charge in [-0.05, 0) is 36.4 Å². The van der Waals surface area contributed by atoms with Crippen LogP contribution in [-0.2, 0) is 6.54 Å². The Bertz CT molecular complexity index is 1700. The molecule has 172 valence electrons. The van der Waals surface area contributed by atoms with E-state index in [1.165, 1.54) is 23.5 Å². The van der Waals surface area contributed by atoms with Gasteiger partial charge in [-0.1, -0.05) is 70.9 Å². The first-order chi connectivity index (χ1) is 17.1. The van der Waals surface area contributed by atoms with Gasteiger partial charge >= 0.3 is 0 Å². The number of fused-ring (bicyclic) bond motifs is 2. The Balaban J connectivity index is 1.45. The van der Waals surface area contributed by atoms with Crippen molar-refractivity contribution in [1.82, 2.24) is 24.8 Å². The smallest absolute Gasteiger partial charge is 0.235 e. The van der Waals surface area contributed by atoms with Crippen LogP contribution in [0.3, 0.4) is 0 Å². The highest BCUT2D eigenvalue weighted by Gasteiger charge is 2.18. The molecule has 0 saturated heterocycles. The zero-order valence-electron chi connectivity index (χ0n) is 17.9. The largest absolute Gasteiger partial charge is 0.378 e. The van der Waals surface area contributed by atoms with E-state index in [1.807, 2.05) is 60.7 Å². The molecule has 0 spiro atoms. The molecule has 6 aromatic rings. The topological polar surface area (TPSA) is 68.0 Å². The van der Waals surface area contributed by atoms with Gasteiger partial charge in [0.05, 0.1) is 27.8 Å². The molecule has 35 heavy (non-hydrogen) atoms. The number of hydrogen-bond acceptors (Lipinski definition) is 6. The van der Waals surface area contributed by atoms with Crippen LogP contribution in [0, 0.1) is 5.82 Å². The van der Waals surface area contributed by atoms with E-state index in [4.69, 9.17) is 33.3 Å². The molecule has 0 fully saturated rings. The number of aromatic nitrogens is 5. The number of para-hydroxylation sites is 2. The van der Waals surface area contributed by atoms with Gasteiger partial charge in [0, 0.05) is 22.2 Å². The zero-order valence-corrected chi connectivity index (χ0v) is 20.2. The predicted octanol–water partition coefficient (Wildman–Crippen LogP) is 7.13. The summed E-state index contributed by atoms with van der Waals surface area (Å²) < 4.78 is 16.0. The summed E-state index contributed by atoms with van der Waals surface area (Å²) in [7, 11) is 0. The first kappa shape index (κ1) is 21.9. The number of halogens is 3. The van der Waals surface area contributed by atoms with Crippen LogP contribution in [0.15, 0.2) is 72.8 Å². The molecule has 0 aliphatic heterocycles. The summed E-state index contributed by atoms with van der Waals surface area (Å²) in [6.07, 6.45) is 0. The maximum absolute atomic E-state index is 14.3. The van der Waals surface area contributed by atoms with Crippen LogP contribution in [0.1, 0.15) is 5.82 Å². The molecule has 3 aromatic heterocycles. The molecule has 0 radical (unpaired) electrons. The second kappa shape index (κ2) is 8.88. The van der Waals surface area contributed by atoms with Crippen molar-refractivity contribution in [3.8, 4) is 21.8 Å². The third-order valence-corrected chi connectivity index (χ3v) is 7.05. The van der Waals surface area contributed by atoms with Gasteiger partial charge < -0.3 is 5.32 Å². The fourth-order valence-corrected chi connectivity index (χ4v) is 5.19. The fourth-order valence-electron chi connectivity index (χ4n) is 3.82. The standard InChI is InChI=1S/C25H15Cl2FN6S/c26-18-12-19(27)20(28)10-17(18)22-11-16(15-8-4-5-9-21(15)30-22)24-33-34-23(31-32-25(34)35-24)13-29-14-6-2-1-3-7-14/h1-12,29H,13H2. The second-order valence-electron chi connectivity index (χ2n) is 7.76. The first-order valence-electron chi connectivity index (χ1n) is 10.6.